The molecule has 0 fully saturated rings. The van der Waals surface area contributed by atoms with E-state index in [1.54, 1.807) is 35.4 Å². The van der Waals surface area contributed by atoms with Crippen molar-refractivity contribution in [3.05, 3.63) is 108 Å². The molecule has 6 nitrogen and oxygen atoms in total. The molecule has 1 atom stereocenters. The minimum absolute atomic E-state index is 0.117. The third-order valence-corrected chi connectivity index (χ3v) is 4.80. The molecule has 1 amide bonds. The fourth-order valence-corrected chi connectivity index (χ4v) is 3.22. The highest BCUT2D eigenvalue weighted by Gasteiger charge is 2.18. The molecule has 0 bridgehead atoms. The smallest absolute Gasteiger partial charge is 0.245 e. The molecule has 162 valence electrons. The summed E-state index contributed by atoms with van der Waals surface area (Å²) in [6, 6.07) is 16.5. The number of hydrogen-bond acceptors (Lipinski definition) is 4. The molecule has 0 saturated heterocycles. The van der Waals surface area contributed by atoms with Crippen molar-refractivity contribution in [2.45, 2.75) is 6.04 Å². The van der Waals surface area contributed by atoms with Crippen LogP contribution in [0.5, 0.6) is 0 Å². The lowest BCUT2D eigenvalue weighted by atomic mass is 10.1. The van der Waals surface area contributed by atoms with Gasteiger partial charge in [0.25, 0.3) is 0 Å². The monoisotopic (exact) mass is 441 g/mol. The predicted octanol–water partition coefficient (Wildman–Crippen LogP) is 4.61. The zero-order valence-corrected chi connectivity index (χ0v) is 17.2. The standard InChI is InChI=1S/C25H17F2N5O/c26-19-9-10-21(22(27)13-19)23(14-28)30-24(33)11-8-18-16-32(20-6-2-1-3-7-20)31-25(18)17-5-4-12-29-15-17/h1-13,15-16,23H,(H,30,33)/b11-8+. The number of pyridine rings is 1. The fraction of sp³-hybridized carbons (Fsp3) is 0.0400. The van der Waals surface area contributed by atoms with Gasteiger partial charge in [0.05, 0.1) is 11.8 Å². The van der Waals surface area contributed by atoms with Crippen LogP contribution in [0.25, 0.3) is 23.0 Å². The Morgan fingerprint density at radius 1 is 1.12 bits per heavy atom. The molecule has 4 rings (SSSR count). The van der Waals surface area contributed by atoms with E-state index in [0.29, 0.717) is 17.3 Å². The van der Waals surface area contributed by atoms with Crippen molar-refractivity contribution in [3.63, 3.8) is 0 Å². The van der Waals surface area contributed by atoms with Gasteiger partial charge in [0, 0.05) is 47.4 Å². The Kier molecular flexibility index (Phi) is 6.32. The molecule has 2 heterocycles. The van der Waals surface area contributed by atoms with Crippen LogP contribution in [-0.2, 0) is 4.79 Å². The van der Waals surface area contributed by atoms with E-state index in [1.807, 2.05) is 42.5 Å². The first-order valence-electron chi connectivity index (χ1n) is 9.94. The molecule has 2 aromatic carbocycles. The molecule has 0 radical (unpaired) electrons. The number of benzene rings is 2. The third kappa shape index (κ3) is 4.99. The number of hydrogen-bond donors (Lipinski definition) is 1. The second-order valence-electron chi connectivity index (χ2n) is 7.02. The second kappa shape index (κ2) is 9.66. The van der Waals surface area contributed by atoms with Crippen LogP contribution < -0.4 is 5.32 Å². The van der Waals surface area contributed by atoms with Crippen molar-refractivity contribution in [2.24, 2.45) is 0 Å². The van der Waals surface area contributed by atoms with Gasteiger partial charge in [-0.05, 0) is 36.4 Å². The second-order valence-corrected chi connectivity index (χ2v) is 7.02. The number of rotatable bonds is 6. The van der Waals surface area contributed by atoms with Gasteiger partial charge in [-0.15, -0.1) is 0 Å². The highest BCUT2D eigenvalue weighted by molar-refractivity contribution is 5.93. The molecule has 0 aliphatic heterocycles. The van der Waals surface area contributed by atoms with E-state index in [9.17, 15) is 18.8 Å². The maximum absolute atomic E-state index is 14.0. The van der Waals surface area contributed by atoms with Gasteiger partial charge in [-0.25, -0.2) is 13.5 Å². The highest BCUT2D eigenvalue weighted by atomic mass is 19.1. The Morgan fingerprint density at radius 3 is 2.64 bits per heavy atom. The van der Waals surface area contributed by atoms with E-state index in [1.165, 1.54) is 6.08 Å². The van der Waals surface area contributed by atoms with Crippen molar-refractivity contribution >= 4 is 12.0 Å². The summed E-state index contributed by atoms with van der Waals surface area (Å²) in [7, 11) is 0. The molecule has 8 heteroatoms. The average molecular weight is 441 g/mol. The van der Waals surface area contributed by atoms with Crippen LogP contribution in [-0.4, -0.2) is 20.7 Å². The van der Waals surface area contributed by atoms with Crippen LogP contribution >= 0.6 is 0 Å². The summed E-state index contributed by atoms with van der Waals surface area (Å²) >= 11 is 0. The molecular formula is C25H17F2N5O. The van der Waals surface area contributed by atoms with Gasteiger partial charge in [0.1, 0.15) is 23.4 Å². The lowest BCUT2D eigenvalue weighted by Gasteiger charge is -2.11. The number of para-hydroxylation sites is 1. The first-order valence-corrected chi connectivity index (χ1v) is 9.94. The van der Waals surface area contributed by atoms with Crippen LogP contribution in [0.2, 0.25) is 0 Å². The molecule has 0 spiro atoms. The molecular weight excluding hydrogens is 424 g/mol. The van der Waals surface area contributed by atoms with E-state index in [4.69, 9.17) is 0 Å². The molecule has 33 heavy (non-hydrogen) atoms. The summed E-state index contributed by atoms with van der Waals surface area (Å²) in [4.78, 5) is 16.6. The molecule has 2 aromatic heterocycles. The first-order chi connectivity index (χ1) is 16.0. The Bertz CT molecular complexity index is 1340. The molecule has 0 aliphatic carbocycles. The van der Waals surface area contributed by atoms with Crippen LogP contribution in [0.3, 0.4) is 0 Å². The average Bonchev–Trinajstić information content (AvgIpc) is 3.27. The summed E-state index contributed by atoms with van der Waals surface area (Å²) in [5.74, 6) is -2.29. The Morgan fingerprint density at radius 2 is 1.94 bits per heavy atom. The summed E-state index contributed by atoms with van der Waals surface area (Å²) in [5.41, 5.74) is 2.73. The van der Waals surface area contributed by atoms with Gasteiger partial charge < -0.3 is 5.32 Å². The van der Waals surface area contributed by atoms with Crippen molar-refractivity contribution in [3.8, 4) is 23.0 Å². The summed E-state index contributed by atoms with van der Waals surface area (Å²) < 4.78 is 28.9. The highest BCUT2D eigenvalue weighted by Crippen LogP contribution is 2.24. The SMILES string of the molecule is N#CC(NC(=O)/C=C/c1cn(-c2ccccc2)nc1-c1cccnc1)c1ccc(F)cc1F. The number of nitrogens with one attached hydrogen (secondary N) is 1. The van der Waals surface area contributed by atoms with Crippen LogP contribution in [0.15, 0.2) is 85.3 Å². The normalized spacial score (nSPS) is 11.8. The van der Waals surface area contributed by atoms with Gasteiger partial charge >= 0.3 is 0 Å². The predicted molar refractivity (Wildman–Crippen MR) is 119 cm³/mol. The number of nitriles is 1. The maximum Gasteiger partial charge on any atom is 0.245 e. The van der Waals surface area contributed by atoms with Crippen molar-refractivity contribution < 1.29 is 13.6 Å². The zero-order valence-electron chi connectivity index (χ0n) is 17.2. The van der Waals surface area contributed by atoms with Gasteiger partial charge in [-0.3, -0.25) is 9.78 Å². The lowest BCUT2D eigenvalue weighted by Crippen LogP contribution is -2.26. The van der Waals surface area contributed by atoms with E-state index in [0.717, 1.165) is 23.4 Å². The fourth-order valence-electron chi connectivity index (χ4n) is 3.22. The largest absolute Gasteiger partial charge is 0.333 e. The van der Waals surface area contributed by atoms with E-state index >= 15 is 0 Å². The van der Waals surface area contributed by atoms with Crippen LogP contribution in [0, 0.1) is 23.0 Å². The minimum atomic E-state index is -1.27. The Balaban J connectivity index is 1.61. The molecule has 4 aromatic rings. The van der Waals surface area contributed by atoms with E-state index in [2.05, 4.69) is 15.4 Å². The van der Waals surface area contributed by atoms with Crippen molar-refractivity contribution in [2.75, 3.05) is 0 Å². The van der Waals surface area contributed by atoms with Gasteiger partial charge in [0.2, 0.25) is 5.91 Å². The van der Waals surface area contributed by atoms with Crippen LogP contribution in [0.1, 0.15) is 17.2 Å². The van der Waals surface area contributed by atoms with Gasteiger partial charge in [-0.2, -0.15) is 10.4 Å². The first kappa shape index (κ1) is 21.6. The number of aromatic nitrogens is 3. The summed E-state index contributed by atoms with van der Waals surface area (Å²) in [6.07, 6.45) is 7.87. The molecule has 1 unspecified atom stereocenters. The Labute approximate surface area is 188 Å². The zero-order chi connectivity index (χ0) is 23.2. The van der Waals surface area contributed by atoms with Crippen molar-refractivity contribution in [1.29, 1.82) is 5.26 Å². The summed E-state index contributed by atoms with van der Waals surface area (Å²) in [5, 5.41) is 16.4. The Hall–Kier alpha value is -4.64. The summed E-state index contributed by atoms with van der Waals surface area (Å²) in [6.45, 7) is 0. The molecule has 1 N–H and O–H groups in total. The number of halogens is 2. The van der Waals surface area contributed by atoms with Gasteiger partial charge in [-0.1, -0.05) is 24.3 Å². The van der Waals surface area contributed by atoms with Crippen LogP contribution in [0.4, 0.5) is 8.78 Å². The topological polar surface area (TPSA) is 83.6 Å². The van der Waals surface area contributed by atoms with Crippen molar-refractivity contribution in [1.82, 2.24) is 20.1 Å². The minimum Gasteiger partial charge on any atom is -0.333 e. The van der Waals surface area contributed by atoms with E-state index < -0.39 is 23.6 Å². The lowest BCUT2D eigenvalue weighted by molar-refractivity contribution is -0.116. The number of carbonyl (C=O) groups is 1. The number of amides is 1. The quantitative estimate of drug-likeness (QED) is 0.443. The molecule has 0 saturated carbocycles. The molecule has 0 aliphatic rings. The third-order valence-electron chi connectivity index (χ3n) is 4.80. The van der Waals surface area contributed by atoms with Gasteiger partial charge in [0.15, 0.2) is 0 Å². The maximum atomic E-state index is 14.0. The number of carbonyl (C=O) groups excluding carboxylic acids is 1. The number of nitrogens with zero attached hydrogens (tertiary/aromatic N) is 4. The van der Waals surface area contributed by atoms with E-state index in [-0.39, 0.29) is 5.56 Å².